The molecule has 0 aromatic heterocycles. The van der Waals surface area contributed by atoms with Crippen molar-refractivity contribution in [2.45, 2.75) is 26.7 Å². The van der Waals surface area contributed by atoms with Gasteiger partial charge in [-0.25, -0.2) is 0 Å². The van der Waals surface area contributed by atoms with Crippen molar-refractivity contribution in [2.24, 2.45) is 0 Å². The molecule has 0 saturated carbocycles. The molecule has 0 unspecified atom stereocenters. The Bertz CT molecular complexity index is 423. The second kappa shape index (κ2) is 29.5. The van der Waals surface area contributed by atoms with Crippen LogP contribution in [0.3, 0.4) is 0 Å². The van der Waals surface area contributed by atoms with Crippen LogP contribution in [0.25, 0.3) is 0 Å². The maximum absolute atomic E-state index is 8.55. The van der Waals surface area contributed by atoms with Crippen molar-refractivity contribution in [2.75, 3.05) is 0 Å². The quantitative estimate of drug-likeness (QED) is 0.231. The van der Waals surface area contributed by atoms with E-state index in [0.717, 1.165) is 0 Å². The molecule has 28 heteroatoms. The molecule has 0 amide bonds. The first kappa shape index (κ1) is 59.4. The van der Waals surface area contributed by atoms with E-state index in [2.05, 4.69) is 13.8 Å². The molecule has 0 aliphatic carbocycles. The second-order valence-corrected chi connectivity index (χ2v) is 7.71. The third-order valence-electron chi connectivity index (χ3n) is 0.500. The van der Waals surface area contributed by atoms with Crippen LogP contribution in [0.5, 0.6) is 0 Å². The van der Waals surface area contributed by atoms with Gasteiger partial charge in [0.1, 0.15) is 0 Å². The number of hydrogen-bond acceptors (Lipinski definition) is 20. The molecule has 0 spiro atoms. The Balaban J connectivity index is -0.0000000279. The van der Waals surface area contributed by atoms with Crippen LogP contribution in [-0.2, 0) is 78.5 Å². The van der Waals surface area contributed by atoms with Crippen LogP contribution in [0, 0.1) is 0 Å². The normalized spacial score (nSPS) is 10.2. The Labute approximate surface area is 217 Å². The van der Waals surface area contributed by atoms with Gasteiger partial charge in [-0.1, -0.05) is 26.7 Å². The van der Waals surface area contributed by atoms with Gasteiger partial charge in [-0.2, -0.15) is 39.1 Å². The monoisotopic (exact) mass is 686 g/mol. The zero-order valence-electron chi connectivity index (χ0n) is 15.2. The first-order valence-corrected chi connectivity index (χ1v) is 12.9. The van der Waals surface area contributed by atoms with Gasteiger partial charge in [-0.3, -0.25) is 0 Å². The molecular formula is C4H10O20P5V3-15. The maximum atomic E-state index is 8.55. The van der Waals surface area contributed by atoms with Crippen LogP contribution in [0.1, 0.15) is 26.7 Å². The number of hydrogen-bond donors (Lipinski definition) is 0. The smallest absolute Gasteiger partial charge is 0 e. The summed E-state index contributed by atoms with van der Waals surface area (Å²) in [6.07, 6.45) is 2.64. The van der Waals surface area contributed by atoms with Crippen molar-refractivity contribution in [3.8, 4) is 0 Å². The summed E-state index contributed by atoms with van der Waals surface area (Å²) in [5.74, 6) is 0. The standard InChI is InChI=1S/C4H10.5H3O4P.3V/c1-3-4-2;5*1-5(2,3)4;;;/h3-4H2,1-2H3;5*(H3,1,2,3,4);;;/p-15. The molecule has 0 rings (SSSR count). The molecular weight excluding hydrogens is 676 g/mol. The van der Waals surface area contributed by atoms with Crippen molar-refractivity contribution in [3.63, 3.8) is 0 Å². The summed E-state index contributed by atoms with van der Waals surface area (Å²) in [6, 6.07) is 0. The van der Waals surface area contributed by atoms with E-state index in [1.165, 1.54) is 12.8 Å². The van der Waals surface area contributed by atoms with E-state index >= 15 is 0 Å². The summed E-state index contributed by atoms with van der Waals surface area (Å²) >= 11 is 0. The topological polar surface area (TPSA) is 431 Å². The average Bonchev–Trinajstić information content (AvgIpc) is 2.16. The second-order valence-electron chi connectivity index (χ2n) is 3.24. The van der Waals surface area contributed by atoms with Gasteiger partial charge in [0.25, 0.3) is 0 Å². The fraction of sp³-hybridized carbons (Fsp3) is 1.00. The molecule has 3 radical (unpaired) electrons. The average molecular weight is 686 g/mol. The third kappa shape index (κ3) is 2900. The Morgan fingerprint density at radius 2 is 0.375 bits per heavy atom. The summed E-state index contributed by atoms with van der Waals surface area (Å²) in [5.41, 5.74) is 0. The predicted octanol–water partition coefficient (Wildman–Crippen LogP) is -12.3. The zero-order valence-corrected chi connectivity index (χ0v) is 23.8. The van der Waals surface area contributed by atoms with Crippen molar-refractivity contribution in [3.05, 3.63) is 0 Å². The Kier molecular flexibility index (Phi) is 54.8. The molecule has 0 saturated heterocycles. The first-order valence-electron chi connectivity index (χ1n) is 5.57. The fourth-order valence-corrected chi connectivity index (χ4v) is 0. The van der Waals surface area contributed by atoms with E-state index in [4.69, 9.17) is 96.2 Å². The molecule has 20 nitrogen and oxygen atoms in total. The van der Waals surface area contributed by atoms with Gasteiger partial charge >= 0.3 is 0 Å². The SMILES string of the molecule is CCCC.O=P([O-])([O-])[O-].O=P([O-])([O-])[O-].O=P([O-])([O-])[O-].O=P([O-])([O-])[O-].O=P([O-])([O-])[O-].[V].[V].[V]. The van der Waals surface area contributed by atoms with E-state index in [1.54, 1.807) is 0 Å². The first-order chi connectivity index (χ1) is 11.9. The molecule has 0 aliphatic heterocycles. The van der Waals surface area contributed by atoms with E-state index in [0.29, 0.717) is 0 Å². The predicted molar refractivity (Wildman–Crippen MR) is 58.6 cm³/mol. The van der Waals surface area contributed by atoms with Gasteiger partial charge in [0.05, 0.1) is 0 Å². The van der Waals surface area contributed by atoms with Crippen LogP contribution in [0.15, 0.2) is 0 Å². The minimum atomic E-state index is -5.39. The van der Waals surface area contributed by atoms with Gasteiger partial charge in [0.15, 0.2) is 0 Å². The largest absolute Gasteiger partial charge is 0.822 e. The van der Waals surface area contributed by atoms with E-state index in [9.17, 15) is 0 Å². The molecule has 0 aliphatic rings. The van der Waals surface area contributed by atoms with Crippen LogP contribution in [-0.4, -0.2) is 0 Å². The molecule has 0 aromatic rings. The Morgan fingerprint density at radius 3 is 0.375 bits per heavy atom. The van der Waals surface area contributed by atoms with Gasteiger partial charge in [-0.15, -0.1) is 0 Å². The van der Waals surface area contributed by atoms with Crippen LogP contribution >= 0.6 is 39.1 Å². The van der Waals surface area contributed by atoms with Crippen LogP contribution in [0.4, 0.5) is 0 Å². The van der Waals surface area contributed by atoms with Crippen molar-refractivity contribution in [1.82, 2.24) is 0 Å². The zero-order chi connectivity index (χ0) is 25.9. The fourth-order valence-electron chi connectivity index (χ4n) is 0. The molecule has 0 N–H and O–H groups in total. The van der Waals surface area contributed by atoms with Crippen molar-refractivity contribution < 1.29 is 152 Å². The van der Waals surface area contributed by atoms with E-state index < -0.39 is 39.1 Å². The molecule has 201 valence electrons. The maximum Gasteiger partial charge on any atom is 0 e. The van der Waals surface area contributed by atoms with E-state index in [-0.39, 0.29) is 55.7 Å². The van der Waals surface area contributed by atoms with Gasteiger partial charge in [0.2, 0.25) is 0 Å². The van der Waals surface area contributed by atoms with Gasteiger partial charge < -0.3 is 96.2 Å². The number of unbranched alkanes of at least 4 members (excludes halogenated alkanes) is 1. The molecule has 0 fully saturated rings. The van der Waals surface area contributed by atoms with Gasteiger partial charge in [-0.05, 0) is 0 Å². The third-order valence-corrected chi connectivity index (χ3v) is 0.500. The summed E-state index contributed by atoms with van der Waals surface area (Å²) in [6.45, 7) is 4.36. The number of rotatable bonds is 1. The number of phosphoric acid groups is 5. The summed E-state index contributed by atoms with van der Waals surface area (Å²) in [4.78, 5) is 128. The van der Waals surface area contributed by atoms with Crippen LogP contribution in [0.2, 0.25) is 0 Å². The summed E-state index contributed by atoms with van der Waals surface area (Å²) < 4.78 is 42.7. The molecule has 32 heavy (non-hydrogen) atoms. The Morgan fingerprint density at radius 1 is 0.344 bits per heavy atom. The molecule has 0 heterocycles. The van der Waals surface area contributed by atoms with Crippen molar-refractivity contribution in [1.29, 1.82) is 0 Å². The minimum absolute atomic E-state index is 0. The summed E-state index contributed by atoms with van der Waals surface area (Å²) in [5, 5.41) is 0. The Hall–Kier alpha value is 2.30. The minimum Gasteiger partial charge on any atom is -0.822 e. The molecule has 0 bridgehead atoms. The van der Waals surface area contributed by atoms with Crippen molar-refractivity contribution >= 4 is 39.1 Å². The van der Waals surface area contributed by atoms with Crippen LogP contribution < -0.4 is 73.4 Å². The summed E-state index contributed by atoms with van der Waals surface area (Å²) in [7, 11) is -26.9. The van der Waals surface area contributed by atoms with E-state index in [1.807, 2.05) is 0 Å². The molecule has 0 aromatic carbocycles. The molecule has 0 atom stereocenters. The van der Waals surface area contributed by atoms with Gasteiger partial charge in [0, 0.05) is 55.7 Å².